The van der Waals surface area contributed by atoms with Crippen molar-refractivity contribution in [1.29, 1.82) is 5.26 Å². The van der Waals surface area contributed by atoms with Gasteiger partial charge in [0.1, 0.15) is 40.3 Å². The second kappa shape index (κ2) is 7.58. The number of aliphatic hydroxyl groups excluding tert-OH is 1. The summed E-state index contributed by atoms with van der Waals surface area (Å²) in [7, 11) is 0. The topological polar surface area (TPSA) is 79.6 Å². The van der Waals surface area contributed by atoms with Gasteiger partial charge in [0.15, 0.2) is 5.78 Å². The number of carbonyl (C=O) groups excluding carboxylic acids is 1. The molecule has 0 fully saturated rings. The van der Waals surface area contributed by atoms with Crippen molar-refractivity contribution in [1.82, 2.24) is 0 Å². The number of Topliss-reactive ketones (excluding diaryl/α,β-unsaturated/α-hetero) is 1. The van der Waals surface area contributed by atoms with Crippen LogP contribution >= 0.6 is 0 Å². The Kier molecular flexibility index (Phi) is 5.44. The molecule has 2 aromatic carbocycles. The maximum atomic E-state index is 13.7. The molecule has 6 heteroatoms. The number of aryl methyl sites for hydroxylation is 1. The average Bonchev–Trinajstić information content (AvgIpc) is 2.67. The fourth-order valence-electron chi connectivity index (χ4n) is 3.65. The van der Waals surface area contributed by atoms with Crippen LogP contribution < -0.4 is 4.74 Å². The lowest BCUT2D eigenvalue weighted by Crippen LogP contribution is -2.49. The van der Waals surface area contributed by atoms with Gasteiger partial charge in [0.2, 0.25) is 0 Å². The van der Waals surface area contributed by atoms with Crippen molar-refractivity contribution < 1.29 is 23.8 Å². The second-order valence-corrected chi connectivity index (χ2v) is 8.20. The molecule has 0 radical (unpaired) electrons. The number of ketones is 1. The monoisotopic (exact) mass is 409 g/mol. The van der Waals surface area contributed by atoms with E-state index in [0.29, 0.717) is 17.7 Å². The van der Waals surface area contributed by atoms with Crippen molar-refractivity contribution in [3.63, 3.8) is 0 Å². The lowest BCUT2D eigenvalue weighted by molar-refractivity contribution is -0.158. The van der Waals surface area contributed by atoms with E-state index in [0.717, 1.165) is 11.6 Å². The molecule has 1 aliphatic heterocycles. The average molecular weight is 409 g/mol. The van der Waals surface area contributed by atoms with E-state index in [1.807, 2.05) is 13.0 Å². The summed E-state index contributed by atoms with van der Waals surface area (Å²) in [6, 6.07) is 10.7. The van der Waals surface area contributed by atoms with Gasteiger partial charge < -0.3 is 14.6 Å². The third-order valence-corrected chi connectivity index (χ3v) is 5.11. The van der Waals surface area contributed by atoms with Crippen LogP contribution in [0.4, 0.5) is 4.39 Å². The van der Waals surface area contributed by atoms with E-state index in [1.165, 1.54) is 12.1 Å². The highest BCUT2D eigenvalue weighted by Crippen LogP contribution is 2.42. The van der Waals surface area contributed by atoms with E-state index >= 15 is 0 Å². The highest BCUT2D eigenvalue weighted by molar-refractivity contribution is 6.26. The Morgan fingerprint density at radius 3 is 2.47 bits per heavy atom. The Balaban J connectivity index is 2.16. The van der Waals surface area contributed by atoms with Crippen LogP contribution in [0, 0.1) is 17.1 Å². The quantitative estimate of drug-likeness (QED) is 0.723. The van der Waals surface area contributed by atoms with Crippen molar-refractivity contribution in [2.75, 3.05) is 0 Å². The Labute approximate surface area is 175 Å². The molecule has 0 unspecified atom stereocenters. The van der Waals surface area contributed by atoms with Crippen molar-refractivity contribution in [2.24, 2.45) is 0 Å². The molecule has 0 aromatic heterocycles. The molecule has 0 amide bonds. The number of carbonyl (C=O) groups is 1. The van der Waals surface area contributed by atoms with Gasteiger partial charge in [-0.2, -0.15) is 5.26 Å². The van der Waals surface area contributed by atoms with Crippen LogP contribution in [-0.4, -0.2) is 22.1 Å². The van der Waals surface area contributed by atoms with Crippen molar-refractivity contribution in [3.05, 3.63) is 64.7 Å². The normalized spacial score (nSPS) is 17.6. The molecule has 2 aromatic rings. The molecule has 0 saturated carbocycles. The van der Waals surface area contributed by atoms with Crippen LogP contribution in [0.5, 0.6) is 11.5 Å². The van der Waals surface area contributed by atoms with Gasteiger partial charge in [0.05, 0.1) is 11.1 Å². The van der Waals surface area contributed by atoms with Gasteiger partial charge in [-0.1, -0.05) is 13.0 Å². The minimum Gasteiger partial charge on any atom is -0.508 e. The summed E-state index contributed by atoms with van der Waals surface area (Å²) >= 11 is 0. The first-order valence-corrected chi connectivity index (χ1v) is 9.69. The lowest BCUT2D eigenvalue weighted by Gasteiger charge is -2.40. The number of aliphatic hydroxyl groups is 1. The van der Waals surface area contributed by atoms with Crippen LogP contribution in [0.15, 0.2) is 42.2 Å². The zero-order chi connectivity index (χ0) is 22.3. The van der Waals surface area contributed by atoms with E-state index < -0.39 is 17.0 Å². The van der Waals surface area contributed by atoms with Crippen LogP contribution in [0.1, 0.15) is 51.3 Å². The van der Waals surface area contributed by atoms with Crippen LogP contribution in [0.2, 0.25) is 0 Å². The number of halogens is 1. The zero-order valence-corrected chi connectivity index (χ0v) is 17.7. The van der Waals surface area contributed by atoms with Crippen LogP contribution in [-0.2, 0) is 16.0 Å². The summed E-state index contributed by atoms with van der Waals surface area (Å²) in [5.41, 5.74) is -0.445. The fourth-order valence-corrected chi connectivity index (χ4v) is 3.65. The Bertz CT molecular complexity index is 1090. The maximum Gasteiger partial charge on any atom is 0.198 e. The van der Waals surface area contributed by atoms with Gasteiger partial charge >= 0.3 is 0 Å². The van der Waals surface area contributed by atoms with Gasteiger partial charge in [-0.15, -0.1) is 0 Å². The molecule has 1 aliphatic rings. The molecule has 1 heterocycles. The molecule has 30 heavy (non-hydrogen) atoms. The van der Waals surface area contributed by atoms with E-state index in [1.54, 1.807) is 45.9 Å². The first-order valence-electron chi connectivity index (χ1n) is 9.69. The minimum atomic E-state index is -1.12. The van der Waals surface area contributed by atoms with E-state index in [4.69, 9.17) is 9.47 Å². The van der Waals surface area contributed by atoms with E-state index in [2.05, 4.69) is 0 Å². The molecular formula is C24H24FNO4. The molecule has 0 aliphatic carbocycles. The smallest absolute Gasteiger partial charge is 0.198 e. The first-order chi connectivity index (χ1) is 14.0. The van der Waals surface area contributed by atoms with Crippen LogP contribution in [0.3, 0.4) is 0 Å². The third kappa shape index (κ3) is 3.81. The number of ether oxygens (including phenoxy) is 2. The van der Waals surface area contributed by atoms with Crippen molar-refractivity contribution in [3.8, 4) is 17.6 Å². The highest BCUT2D eigenvalue weighted by atomic mass is 19.1. The van der Waals surface area contributed by atoms with Crippen molar-refractivity contribution >= 4 is 11.4 Å². The van der Waals surface area contributed by atoms with Gasteiger partial charge in [-0.3, -0.25) is 4.79 Å². The standard InChI is InChI=1S/C24H24FNO4/c1-6-14-8-10-17(29-19-11-16(25)9-7-15(19)13-26)12-18(14)20-21(27)23(2,3)30-24(4,5)22(20)28/h7-12,27H,6H2,1-5H3. The Hall–Kier alpha value is -3.17. The molecule has 0 saturated heterocycles. The number of hydrogen-bond donors (Lipinski definition) is 1. The van der Waals surface area contributed by atoms with Gasteiger partial charge in [0.25, 0.3) is 0 Å². The third-order valence-electron chi connectivity index (χ3n) is 5.11. The fraction of sp³-hybridized carbons (Fsp3) is 0.333. The minimum absolute atomic E-state index is 0.0739. The molecule has 5 nitrogen and oxygen atoms in total. The second-order valence-electron chi connectivity index (χ2n) is 8.20. The number of rotatable bonds is 4. The predicted molar refractivity (Wildman–Crippen MR) is 111 cm³/mol. The van der Waals surface area contributed by atoms with Gasteiger partial charge in [0, 0.05) is 6.07 Å². The van der Waals surface area contributed by atoms with Crippen molar-refractivity contribution in [2.45, 2.75) is 52.2 Å². The molecular weight excluding hydrogens is 385 g/mol. The largest absolute Gasteiger partial charge is 0.508 e. The maximum absolute atomic E-state index is 13.7. The summed E-state index contributed by atoms with van der Waals surface area (Å²) < 4.78 is 25.3. The number of nitriles is 1. The summed E-state index contributed by atoms with van der Waals surface area (Å²) in [5, 5.41) is 20.1. The van der Waals surface area contributed by atoms with Gasteiger partial charge in [-0.25, -0.2) is 4.39 Å². The van der Waals surface area contributed by atoms with E-state index in [-0.39, 0.29) is 28.4 Å². The lowest BCUT2D eigenvalue weighted by atomic mass is 9.81. The molecule has 0 atom stereocenters. The molecule has 3 rings (SSSR count). The predicted octanol–water partition coefficient (Wildman–Crippen LogP) is 5.48. The molecule has 1 N–H and O–H groups in total. The molecule has 0 bridgehead atoms. The first kappa shape index (κ1) is 21.5. The zero-order valence-electron chi connectivity index (χ0n) is 17.7. The van der Waals surface area contributed by atoms with Crippen LogP contribution in [0.25, 0.3) is 5.57 Å². The Morgan fingerprint density at radius 1 is 1.13 bits per heavy atom. The highest BCUT2D eigenvalue weighted by Gasteiger charge is 2.47. The van der Waals surface area contributed by atoms with Gasteiger partial charge in [-0.05, 0) is 69.5 Å². The summed E-state index contributed by atoms with van der Waals surface area (Å²) in [5.74, 6) is -0.626. The summed E-state index contributed by atoms with van der Waals surface area (Å²) in [6.45, 7) is 8.68. The number of benzene rings is 2. The molecule has 156 valence electrons. The SMILES string of the molecule is CCc1ccc(Oc2cc(F)ccc2C#N)cc1C1=C(O)C(C)(C)OC(C)(C)C1=O. The Morgan fingerprint density at radius 2 is 1.83 bits per heavy atom. The summed E-state index contributed by atoms with van der Waals surface area (Å²) in [4.78, 5) is 13.2. The number of nitrogens with zero attached hydrogens (tertiary/aromatic N) is 1. The molecule has 0 spiro atoms. The summed E-state index contributed by atoms with van der Waals surface area (Å²) in [6.07, 6.45) is 0.616. The van der Waals surface area contributed by atoms with E-state index in [9.17, 15) is 19.6 Å². The number of hydrogen-bond acceptors (Lipinski definition) is 5.